The van der Waals surface area contributed by atoms with Crippen molar-refractivity contribution in [3.05, 3.63) is 66.6 Å². The summed E-state index contributed by atoms with van der Waals surface area (Å²) >= 11 is 0. The summed E-state index contributed by atoms with van der Waals surface area (Å²) in [7, 11) is 4.07. The first-order valence-corrected chi connectivity index (χ1v) is 9.19. The second kappa shape index (κ2) is 13.2. The number of likely N-dealkylation sites (N-methyl/N-ethyl adjacent to an activating group) is 1. The number of halogens is 1. The number of hydrogen-bond donors (Lipinski definition) is 2. The Balaban J connectivity index is 0.00000392. The highest BCUT2D eigenvalue weighted by atomic mass is 127. The largest absolute Gasteiger partial charge is 0.489 e. The van der Waals surface area contributed by atoms with Crippen LogP contribution in [0.25, 0.3) is 0 Å². The molecule has 1 aromatic heterocycles. The molecule has 0 aliphatic rings. The second-order valence-corrected chi connectivity index (χ2v) is 6.28. The third kappa shape index (κ3) is 7.55. The number of rotatable bonds is 10. The van der Waals surface area contributed by atoms with Crippen molar-refractivity contribution in [2.24, 2.45) is 4.99 Å². The molecule has 0 fully saturated rings. The van der Waals surface area contributed by atoms with Crippen LogP contribution in [0.3, 0.4) is 0 Å². The summed E-state index contributed by atoms with van der Waals surface area (Å²) < 4.78 is 11.3. The molecule has 1 atom stereocenters. The molecular weight excluding hydrogens is 467 g/mol. The average Bonchev–Trinajstić information content (AvgIpc) is 3.19. The predicted molar refractivity (Wildman–Crippen MR) is 126 cm³/mol. The van der Waals surface area contributed by atoms with Gasteiger partial charge in [-0.1, -0.05) is 30.9 Å². The monoisotopic (exact) mass is 498 g/mol. The molecule has 154 valence electrons. The van der Waals surface area contributed by atoms with Gasteiger partial charge in [-0.3, -0.25) is 4.90 Å². The first-order valence-electron chi connectivity index (χ1n) is 9.19. The minimum absolute atomic E-state index is 0. The van der Waals surface area contributed by atoms with Crippen LogP contribution in [0.15, 0.2) is 64.7 Å². The lowest BCUT2D eigenvalue weighted by molar-refractivity contribution is 0.258. The highest BCUT2D eigenvalue weighted by Gasteiger charge is 2.17. The Labute approximate surface area is 185 Å². The highest BCUT2D eigenvalue weighted by molar-refractivity contribution is 14.0. The van der Waals surface area contributed by atoms with Crippen LogP contribution in [0.5, 0.6) is 5.75 Å². The molecule has 0 spiro atoms. The molecule has 2 rings (SSSR count). The number of nitrogens with one attached hydrogen (secondary N) is 2. The maximum absolute atomic E-state index is 5.71. The second-order valence-electron chi connectivity index (χ2n) is 6.28. The summed E-state index contributed by atoms with van der Waals surface area (Å²) in [6, 6.07) is 11.9. The van der Waals surface area contributed by atoms with Gasteiger partial charge in [0.15, 0.2) is 5.96 Å². The van der Waals surface area contributed by atoms with E-state index in [2.05, 4.69) is 22.1 Å². The molecule has 1 heterocycles. The highest BCUT2D eigenvalue weighted by Crippen LogP contribution is 2.19. The fraction of sp³-hybridized carbons (Fsp3) is 0.381. The molecule has 2 N–H and O–H groups in total. The van der Waals surface area contributed by atoms with Crippen molar-refractivity contribution in [3.8, 4) is 5.75 Å². The molecular formula is C21H31IN4O2. The van der Waals surface area contributed by atoms with Gasteiger partial charge in [-0.05, 0) is 39.2 Å². The van der Waals surface area contributed by atoms with E-state index in [4.69, 9.17) is 14.1 Å². The molecule has 0 bridgehead atoms. The molecule has 28 heavy (non-hydrogen) atoms. The van der Waals surface area contributed by atoms with Gasteiger partial charge in [0.1, 0.15) is 18.1 Å². The molecule has 6 nitrogen and oxygen atoms in total. The molecule has 0 saturated carbocycles. The molecule has 1 aromatic carbocycles. The fourth-order valence-electron chi connectivity index (χ4n) is 2.64. The van der Waals surface area contributed by atoms with E-state index >= 15 is 0 Å². The van der Waals surface area contributed by atoms with Crippen LogP contribution in [-0.2, 0) is 6.54 Å². The first-order chi connectivity index (χ1) is 13.2. The molecule has 1 unspecified atom stereocenters. The zero-order chi connectivity index (χ0) is 19.5. The maximum atomic E-state index is 5.71. The van der Waals surface area contributed by atoms with E-state index in [1.54, 1.807) is 12.3 Å². The van der Waals surface area contributed by atoms with E-state index in [1.165, 1.54) is 0 Å². The van der Waals surface area contributed by atoms with Crippen molar-refractivity contribution in [1.29, 1.82) is 0 Å². The van der Waals surface area contributed by atoms with Gasteiger partial charge in [-0.2, -0.15) is 0 Å². The summed E-state index contributed by atoms with van der Waals surface area (Å²) in [6.45, 7) is 8.22. The fourth-order valence-corrected chi connectivity index (χ4v) is 2.64. The van der Waals surface area contributed by atoms with E-state index in [1.807, 2.05) is 57.4 Å². The van der Waals surface area contributed by atoms with Gasteiger partial charge in [0, 0.05) is 18.7 Å². The van der Waals surface area contributed by atoms with Crippen LogP contribution < -0.4 is 15.4 Å². The first kappa shape index (κ1) is 24.0. The normalized spacial score (nSPS) is 12.2. The maximum Gasteiger partial charge on any atom is 0.191 e. The zero-order valence-electron chi connectivity index (χ0n) is 16.9. The Morgan fingerprint density at radius 2 is 2.04 bits per heavy atom. The van der Waals surface area contributed by atoms with Crippen LogP contribution in [0.1, 0.15) is 24.3 Å². The number of aliphatic imine (C=N–C) groups is 1. The van der Waals surface area contributed by atoms with E-state index < -0.39 is 0 Å². The standard InChI is InChI=1S/C21H30N4O2.HI/c1-5-13-26-19-11-8-7-10-17(19)15-23-21(22-6-2)24-16-18(25(3)4)20-12-9-14-27-20;/h5,7-12,14,18H,1,6,13,15-16H2,2-4H3,(H2,22,23,24);1H. The van der Waals surface area contributed by atoms with Crippen LogP contribution in [0.4, 0.5) is 0 Å². The van der Waals surface area contributed by atoms with E-state index in [0.29, 0.717) is 19.7 Å². The Kier molecular flexibility index (Phi) is 11.4. The zero-order valence-corrected chi connectivity index (χ0v) is 19.2. The average molecular weight is 498 g/mol. The van der Waals surface area contributed by atoms with Gasteiger partial charge < -0.3 is 19.8 Å². The van der Waals surface area contributed by atoms with Gasteiger partial charge in [0.25, 0.3) is 0 Å². The predicted octanol–water partition coefficient (Wildman–Crippen LogP) is 3.82. The minimum Gasteiger partial charge on any atom is -0.489 e. The Morgan fingerprint density at radius 1 is 1.25 bits per heavy atom. The number of nitrogens with zero attached hydrogens (tertiary/aromatic N) is 2. The lowest BCUT2D eigenvalue weighted by Gasteiger charge is -2.23. The Bertz CT molecular complexity index is 717. The number of hydrogen-bond acceptors (Lipinski definition) is 4. The molecule has 0 radical (unpaired) electrons. The van der Waals surface area contributed by atoms with Crippen LogP contribution in [-0.4, -0.2) is 44.7 Å². The van der Waals surface area contributed by atoms with E-state index in [0.717, 1.165) is 29.6 Å². The van der Waals surface area contributed by atoms with E-state index in [9.17, 15) is 0 Å². The SMILES string of the molecule is C=CCOc1ccccc1CN=C(NCC)NCC(c1ccco1)N(C)C.I. The number of ether oxygens (including phenoxy) is 1. The smallest absolute Gasteiger partial charge is 0.191 e. The summed E-state index contributed by atoms with van der Waals surface area (Å²) in [5, 5.41) is 6.69. The topological polar surface area (TPSA) is 62.0 Å². The third-order valence-corrected chi connectivity index (χ3v) is 4.04. The molecule has 0 aliphatic carbocycles. The molecule has 0 saturated heterocycles. The molecule has 0 aliphatic heterocycles. The molecule has 2 aromatic rings. The van der Waals surface area contributed by atoms with Gasteiger partial charge in [-0.15, -0.1) is 24.0 Å². The molecule has 0 amide bonds. The Morgan fingerprint density at radius 3 is 2.68 bits per heavy atom. The molecule has 7 heteroatoms. The van der Waals surface area contributed by atoms with E-state index in [-0.39, 0.29) is 30.0 Å². The minimum atomic E-state index is 0. The summed E-state index contributed by atoms with van der Waals surface area (Å²) in [6.07, 6.45) is 3.44. The quantitative estimate of drug-likeness (QED) is 0.226. The van der Waals surface area contributed by atoms with Gasteiger partial charge in [0.2, 0.25) is 0 Å². The van der Waals surface area contributed by atoms with Crippen LogP contribution in [0, 0.1) is 0 Å². The number of furan rings is 1. The van der Waals surface area contributed by atoms with Crippen molar-refractivity contribution in [3.63, 3.8) is 0 Å². The summed E-state index contributed by atoms with van der Waals surface area (Å²) in [5.74, 6) is 2.51. The third-order valence-electron chi connectivity index (χ3n) is 4.04. The van der Waals surface area contributed by atoms with Crippen molar-refractivity contribution in [2.45, 2.75) is 19.5 Å². The number of guanidine groups is 1. The lowest BCUT2D eigenvalue weighted by Crippen LogP contribution is -2.41. The van der Waals surface area contributed by atoms with Crippen molar-refractivity contribution in [2.75, 3.05) is 33.8 Å². The van der Waals surface area contributed by atoms with Gasteiger partial charge in [-0.25, -0.2) is 4.99 Å². The number of para-hydroxylation sites is 1. The summed E-state index contributed by atoms with van der Waals surface area (Å²) in [4.78, 5) is 6.82. The van der Waals surface area contributed by atoms with Gasteiger partial charge in [0.05, 0.1) is 18.8 Å². The van der Waals surface area contributed by atoms with Crippen LogP contribution >= 0.6 is 24.0 Å². The Hall–Kier alpha value is -2.00. The van der Waals surface area contributed by atoms with Crippen molar-refractivity contribution >= 4 is 29.9 Å². The van der Waals surface area contributed by atoms with Crippen LogP contribution in [0.2, 0.25) is 0 Å². The lowest BCUT2D eigenvalue weighted by atomic mass is 10.2. The van der Waals surface area contributed by atoms with Gasteiger partial charge >= 0.3 is 0 Å². The summed E-state index contributed by atoms with van der Waals surface area (Å²) in [5.41, 5.74) is 1.03. The number of benzene rings is 1. The van der Waals surface area contributed by atoms with Crippen molar-refractivity contribution < 1.29 is 9.15 Å². The van der Waals surface area contributed by atoms with Crippen molar-refractivity contribution in [1.82, 2.24) is 15.5 Å².